The molecule has 1 aliphatic heterocycles. The van der Waals surface area contributed by atoms with Crippen molar-refractivity contribution in [3.8, 4) is 0 Å². The maximum Gasteiger partial charge on any atom is 0.326 e. The van der Waals surface area contributed by atoms with Crippen molar-refractivity contribution in [2.75, 3.05) is 11.9 Å². The highest BCUT2D eigenvalue weighted by Gasteiger charge is 2.30. The number of anilines is 1. The number of aryl methyl sites for hydroxylation is 2. The number of nitrogens with zero attached hydrogens (tertiary/aromatic N) is 1. The van der Waals surface area contributed by atoms with Crippen LogP contribution in [0.15, 0.2) is 18.2 Å². The molecule has 5 heteroatoms. The van der Waals surface area contributed by atoms with E-state index in [-0.39, 0.29) is 6.03 Å². The van der Waals surface area contributed by atoms with E-state index in [4.69, 9.17) is 0 Å². The van der Waals surface area contributed by atoms with Gasteiger partial charge in [0.05, 0.1) is 0 Å². The Bertz CT molecular complexity index is 542. The van der Waals surface area contributed by atoms with Crippen molar-refractivity contribution >= 4 is 17.7 Å². The molecule has 2 rings (SSSR count). The maximum atomic E-state index is 12.4. The number of benzene rings is 1. The average Bonchev–Trinajstić information content (AvgIpc) is 2.67. The zero-order chi connectivity index (χ0) is 15.4. The van der Waals surface area contributed by atoms with Crippen molar-refractivity contribution in [1.29, 1.82) is 0 Å². The molecule has 1 aromatic carbocycles. The van der Waals surface area contributed by atoms with Crippen LogP contribution in [-0.2, 0) is 4.79 Å². The van der Waals surface area contributed by atoms with E-state index in [1.807, 2.05) is 32.0 Å². The predicted octanol–water partition coefficient (Wildman–Crippen LogP) is 3.16. The zero-order valence-corrected chi connectivity index (χ0v) is 12.6. The van der Waals surface area contributed by atoms with Gasteiger partial charge in [0.1, 0.15) is 6.04 Å². The van der Waals surface area contributed by atoms with Gasteiger partial charge in [-0.1, -0.05) is 30.5 Å². The summed E-state index contributed by atoms with van der Waals surface area (Å²) in [7, 11) is 0. The highest BCUT2D eigenvalue weighted by molar-refractivity contribution is 5.93. The molecule has 5 nitrogen and oxygen atoms in total. The Morgan fingerprint density at radius 2 is 2.00 bits per heavy atom. The third kappa shape index (κ3) is 3.74. The topological polar surface area (TPSA) is 69.6 Å². The third-order valence-electron chi connectivity index (χ3n) is 3.92. The van der Waals surface area contributed by atoms with Crippen molar-refractivity contribution in [3.63, 3.8) is 0 Å². The molecule has 0 aromatic heterocycles. The lowest BCUT2D eigenvalue weighted by atomic mass is 10.1. The number of carboxylic acid groups (broad SMARTS) is 1. The van der Waals surface area contributed by atoms with Crippen LogP contribution in [0.5, 0.6) is 0 Å². The number of urea groups is 1. The number of nitrogens with one attached hydrogen (secondary N) is 1. The van der Waals surface area contributed by atoms with Crippen molar-refractivity contribution in [3.05, 3.63) is 29.3 Å². The fourth-order valence-electron chi connectivity index (χ4n) is 2.75. The van der Waals surface area contributed by atoms with Crippen LogP contribution in [0, 0.1) is 13.8 Å². The molecule has 1 heterocycles. The Hall–Kier alpha value is -2.04. The fraction of sp³-hybridized carbons (Fsp3) is 0.500. The highest BCUT2D eigenvalue weighted by Crippen LogP contribution is 2.20. The number of hydrogen-bond donors (Lipinski definition) is 2. The molecular formula is C16H22N2O3. The van der Waals surface area contributed by atoms with E-state index in [2.05, 4.69) is 5.32 Å². The summed E-state index contributed by atoms with van der Waals surface area (Å²) >= 11 is 0. The van der Waals surface area contributed by atoms with Crippen molar-refractivity contribution in [2.24, 2.45) is 0 Å². The Kier molecular flexibility index (Phi) is 4.83. The van der Waals surface area contributed by atoms with E-state index in [0.717, 1.165) is 36.1 Å². The third-order valence-corrected chi connectivity index (χ3v) is 3.92. The molecule has 1 fully saturated rings. The number of likely N-dealkylation sites (tertiary alicyclic amines) is 1. The van der Waals surface area contributed by atoms with Crippen LogP contribution in [0.2, 0.25) is 0 Å². The van der Waals surface area contributed by atoms with Crippen LogP contribution in [0.25, 0.3) is 0 Å². The number of carbonyl (C=O) groups excluding carboxylic acids is 1. The average molecular weight is 290 g/mol. The van der Waals surface area contributed by atoms with Crippen molar-refractivity contribution < 1.29 is 14.7 Å². The van der Waals surface area contributed by atoms with Gasteiger partial charge >= 0.3 is 12.0 Å². The van der Waals surface area contributed by atoms with Gasteiger partial charge in [0.2, 0.25) is 0 Å². The van der Waals surface area contributed by atoms with Gasteiger partial charge in [-0.25, -0.2) is 9.59 Å². The molecule has 2 amide bonds. The van der Waals surface area contributed by atoms with Crippen LogP contribution in [0.1, 0.15) is 36.8 Å². The van der Waals surface area contributed by atoms with Crippen LogP contribution in [0.3, 0.4) is 0 Å². The number of carboxylic acids is 1. The SMILES string of the molecule is Cc1ccc(NC(=O)N2CCCCCC2C(=O)O)c(C)c1. The first-order chi connectivity index (χ1) is 9.99. The van der Waals surface area contributed by atoms with Gasteiger partial charge in [0.15, 0.2) is 0 Å². The molecular weight excluding hydrogens is 268 g/mol. The number of rotatable bonds is 2. The normalized spacial score (nSPS) is 19.0. The van der Waals surface area contributed by atoms with Crippen LogP contribution in [-0.4, -0.2) is 34.6 Å². The maximum absolute atomic E-state index is 12.4. The van der Waals surface area contributed by atoms with Gasteiger partial charge in [0, 0.05) is 12.2 Å². The molecule has 1 saturated heterocycles. The van der Waals surface area contributed by atoms with Gasteiger partial charge < -0.3 is 15.3 Å². The number of carbonyl (C=O) groups is 2. The van der Waals surface area contributed by atoms with Crippen LogP contribution in [0.4, 0.5) is 10.5 Å². The minimum atomic E-state index is -0.923. The van der Waals surface area contributed by atoms with E-state index in [1.54, 1.807) is 0 Å². The molecule has 1 aromatic rings. The summed E-state index contributed by atoms with van der Waals surface area (Å²) in [5.74, 6) is -0.923. The molecule has 114 valence electrons. The Labute approximate surface area is 125 Å². The lowest BCUT2D eigenvalue weighted by molar-refractivity contribution is -0.142. The largest absolute Gasteiger partial charge is 0.480 e. The van der Waals surface area contributed by atoms with E-state index in [9.17, 15) is 14.7 Å². The monoisotopic (exact) mass is 290 g/mol. The Morgan fingerprint density at radius 1 is 1.24 bits per heavy atom. The first-order valence-corrected chi connectivity index (χ1v) is 7.36. The summed E-state index contributed by atoms with van der Waals surface area (Å²) in [5.41, 5.74) is 2.84. The second kappa shape index (κ2) is 6.61. The van der Waals surface area contributed by atoms with Gasteiger partial charge in [-0.15, -0.1) is 0 Å². The molecule has 1 unspecified atom stereocenters. The van der Waals surface area contributed by atoms with E-state index < -0.39 is 12.0 Å². The molecule has 0 aliphatic carbocycles. The number of hydrogen-bond acceptors (Lipinski definition) is 2. The predicted molar refractivity (Wildman–Crippen MR) is 81.5 cm³/mol. The second-order valence-corrected chi connectivity index (χ2v) is 5.65. The van der Waals surface area contributed by atoms with E-state index in [1.165, 1.54) is 4.90 Å². The van der Waals surface area contributed by atoms with Crippen molar-refractivity contribution in [2.45, 2.75) is 45.6 Å². The first-order valence-electron chi connectivity index (χ1n) is 7.36. The molecule has 1 atom stereocenters. The number of aliphatic carboxylic acids is 1. The summed E-state index contributed by atoms with van der Waals surface area (Å²) in [6, 6.07) is 4.73. The van der Waals surface area contributed by atoms with Gasteiger partial charge in [-0.05, 0) is 38.3 Å². The number of amides is 2. The smallest absolute Gasteiger partial charge is 0.326 e. The highest BCUT2D eigenvalue weighted by atomic mass is 16.4. The summed E-state index contributed by atoms with van der Waals surface area (Å²) in [5, 5.41) is 12.2. The van der Waals surface area contributed by atoms with Crippen LogP contribution < -0.4 is 5.32 Å². The molecule has 0 radical (unpaired) electrons. The van der Waals surface area contributed by atoms with Gasteiger partial charge in [-0.3, -0.25) is 0 Å². The van der Waals surface area contributed by atoms with E-state index in [0.29, 0.717) is 13.0 Å². The van der Waals surface area contributed by atoms with E-state index >= 15 is 0 Å². The second-order valence-electron chi connectivity index (χ2n) is 5.65. The fourth-order valence-corrected chi connectivity index (χ4v) is 2.75. The Balaban J connectivity index is 2.14. The molecule has 0 bridgehead atoms. The molecule has 0 saturated carbocycles. The summed E-state index contributed by atoms with van der Waals surface area (Å²) < 4.78 is 0. The molecule has 0 spiro atoms. The lowest BCUT2D eigenvalue weighted by Gasteiger charge is -2.27. The minimum absolute atomic E-state index is 0.323. The van der Waals surface area contributed by atoms with Crippen LogP contribution >= 0.6 is 0 Å². The van der Waals surface area contributed by atoms with Crippen molar-refractivity contribution in [1.82, 2.24) is 4.90 Å². The quantitative estimate of drug-likeness (QED) is 0.879. The Morgan fingerprint density at radius 3 is 2.67 bits per heavy atom. The zero-order valence-electron chi connectivity index (χ0n) is 12.6. The molecule has 2 N–H and O–H groups in total. The summed E-state index contributed by atoms with van der Waals surface area (Å²) in [6.07, 6.45) is 3.20. The summed E-state index contributed by atoms with van der Waals surface area (Å²) in [6.45, 7) is 4.42. The lowest BCUT2D eigenvalue weighted by Crippen LogP contribution is -2.46. The molecule has 21 heavy (non-hydrogen) atoms. The standard InChI is InChI=1S/C16H22N2O3/c1-11-7-8-13(12(2)10-11)17-16(21)18-9-5-3-4-6-14(18)15(19)20/h7-8,10,14H,3-6,9H2,1-2H3,(H,17,21)(H,19,20). The minimum Gasteiger partial charge on any atom is -0.480 e. The summed E-state index contributed by atoms with van der Waals surface area (Å²) in [4.78, 5) is 25.2. The first kappa shape index (κ1) is 15.4. The van der Waals surface area contributed by atoms with Gasteiger partial charge in [0.25, 0.3) is 0 Å². The van der Waals surface area contributed by atoms with Gasteiger partial charge in [-0.2, -0.15) is 0 Å². The molecule has 1 aliphatic rings.